The van der Waals surface area contributed by atoms with Crippen LogP contribution in [0.3, 0.4) is 0 Å². The highest BCUT2D eigenvalue weighted by Gasteiger charge is 2.87. The first-order valence-electron chi connectivity index (χ1n) is 31.3. The predicted octanol–water partition coefficient (Wildman–Crippen LogP) is 11.3. The lowest BCUT2D eigenvalue weighted by atomic mass is 9.41. The zero-order chi connectivity index (χ0) is 54.7. The molecule has 4 spiro atoms. The van der Waals surface area contributed by atoms with Crippen LogP contribution in [0.15, 0.2) is 0 Å². The molecule has 12 fully saturated rings. The number of aliphatic hydroxyl groups excluding tert-OH is 3. The number of hydrogen-bond donors (Lipinski definition) is 5. The van der Waals surface area contributed by atoms with Crippen LogP contribution < -0.4 is 0 Å². The molecule has 0 aromatic rings. The van der Waals surface area contributed by atoms with E-state index in [1.165, 1.54) is 64.2 Å². The monoisotopic (exact) mass is 1050 g/mol. The Hall–Kier alpha value is -0.400. The molecule has 12 aliphatic rings. The molecular formula is C65H110O10. The van der Waals surface area contributed by atoms with Gasteiger partial charge in [0.2, 0.25) is 0 Å². The molecule has 0 aromatic carbocycles. The fraction of sp³-hybridized carbons (Fsp3) is 1.00. The van der Waals surface area contributed by atoms with Crippen LogP contribution in [0.25, 0.3) is 0 Å². The van der Waals surface area contributed by atoms with Crippen molar-refractivity contribution < 1.29 is 49.2 Å². The van der Waals surface area contributed by atoms with Crippen molar-refractivity contribution in [2.75, 3.05) is 20.3 Å². The van der Waals surface area contributed by atoms with Gasteiger partial charge in [0.05, 0.1) is 60.0 Å². The van der Waals surface area contributed by atoms with Gasteiger partial charge in [0.25, 0.3) is 0 Å². The maximum absolute atomic E-state index is 12.4. The van der Waals surface area contributed by atoms with Crippen molar-refractivity contribution in [2.45, 2.75) is 286 Å². The van der Waals surface area contributed by atoms with E-state index in [1.54, 1.807) is 0 Å². The van der Waals surface area contributed by atoms with E-state index in [2.05, 4.69) is 69.2 Å². The topological polar surface area (TPSA) is 147 Å². The molecule has 10 nitrogen and oxygen atoms in total. The SMILES string of the molecule is CCO[C@@H]([C@H]1C[C@@H](C)[C@H]2[C@H](O1)[C@H](O)[C@@]1(C)[C@@H]3CC[C@H]4C(C)(C)[C@@H](O)CC[C@@]45C[C@@]35CC[C@]21C)C(C)(C)O.CCO[C@@H]([C@H]1C[C@@H](C)[C@H]2[C@H](O1)[C@H](O)[C@@]1(C)[C@@H]3CC[C@H]4C(C)(C)[C@@H](OC)CC[C@@]45C[C@@]35CC[C@]21C)C(C)(C)O. The van der Waals surface area contributed by atoms with Crippen LogP contribution in [0.1, 0.15) is 214 Å². The van der Waals surface area contributed by atoms with E-state index >= 15 is 0 Å². The van der Waals surface area contributed by atoms with Crippen LogP contribution in [0.5, 0.6) is 0 Å². The average Bonchev–Trinajstić information content (AvgIpc) is 4.29. The third kappa shape index (κ3) is 7.03. The Morgan fingerprint density at radius 2 is 0.893 bits per heavy atom. The van der Waals surface area contributed by atoms with Gasteiger partial charge in [-0.15, -0.1) is 0 Å². The van der Waals surface area contributed by atoms with E-state index in [0.717, 1.165) is 44.4 Å². The number of rotatable bonds is 9. The standard InChI is InChI=1S/C33H56O5.C32H54O5/c1-10-37-27(29(5,6)35)20-17-19(2)24-25(38-20)26(34)31(8)22-12-11-21-28(3,4)23(36-9)13-14-32(21)18-33(22,32)16-15-30(24,31)7;1-9-36-26(28(5,6)35)19-16-18(2)23-24(37-19)25(34)30(8)21-11-10-20-27(3,4)22(33)12-13-31(20)17-32(21,31)15-14-29(23,30)7/h19-27,34-35H,10-18H2,1-9H3;18-26,33-35H,9-17H2,1-8H3/t19-,20-,21+,22+,23+,24+,25+,26+,27+,30-,31-,32-,33+;18-,19-,20+,21+,22+,23+,24+,25+,26+,29-,30-,31-,32+/m11/s1. The van der Waals surface area contributed by atoms with Crippen LogP contribution in [0.4, 0.5) is 0 Å². The minimum absolute atomic E-state index is 0.0209. The Kier molecular flexibility index (Phi) is 13.2. The van der Waals surface area contributed by atoms with E-state index in [9.17, 15) is 25.5 Å². The highest BCUT2D eigenvalue weighted by molar-refractivity contribution is 5.35. The highest BCUT2D eigenvalue weighted by Crippen LogP contribution is 2.91. The van der Waals surface area contributed by atoms with Gasteiger partial charge in [0.1, 0.15) is 12.2 Å². The Bertz CT molecular complexity index is 2170. The second-order valence-electron chi connectivity index (χ2n) is 32.4. The van der Waals surface area contributed by atoms with Gasteiger partial charge < -0.3 is 49.2 Å². The van der Waals surface area contributed by atoms with Gasteiger partial charge in [-0.2, -0.15) is 0 Å². The van der Waals surface area contributed by atoms with Crippen LogP contribution in [0, 0.1) is 101 Å². The molecule has 0 bridgehead atoms. The molecule has 0 amide bonds. The summed E-state index contributed by atoms with van der Waals surface area (Å²) in [5.41, 5.74) is -0.575. The molecule has 2 saturated heterocycles. The minimum atomic E-state index is -1.00. The number of aliphatic hydroxyl groups is 5. The largest absolute Gasteiger partial charge is 0.393 e. The Morgan fingerprint density at radius 1 is 0.520 bits per heavy atom. The smallest absolute Gasteiger partial charge is 0.112 e. The second kappa shape index (κ2) is 17.6. The van der Waals surface area contributed by atoms with Gasteiger partial charge in [-0.1, -0.05) is 69.2 Å². The summed E-state index contributed by atoms with van der Waals surface area (Å²) >= 11 is 0. The predicted molar refractivity (Wildman–Crippen MR) is 292 cm³/mol. The van der Waals surface area contributed by atoms with Crippen molar-refractivity contribution in [3.05, 3.63) is 0 Å². The fourth-order valence-electron chi connectivity index (χ4n) is 25.3. The number of hydrogen-bond acceptors (Lipinski definition) is 10. The first-order valence-corrected chi connectivity index (χ1v) is 31.3. The van der Waals surface area contributed by atoms with E-state index in [0.29, 0.717) is 82.4 Å². The van der Waals surface area contributed by atoms with Gasteiger partial charge in [-0.05, 0) is 235 Å². The van der Waals surface area contributed by atoms with Crippen molar-refractivity contribution in [2.24, 2.45) is 101 Å². The molecule has 75 heavy (non-hydrogen) atoms. The number of methoxy groups -OCH3 is 1. The third-order valence-corrected chi connectivity index (χ3v) is 28.6. The summed E-state index contributed by atoms with van der Waals surface area (Å²) in [4.78, 5) is 0. The summed E-state index contributed by atoms with van der Waals surface area (Å²) in [7, 11) is 1.91. The van der Waals surface area contributed by atoms with Gasteiger partial charge in [-0.25, -0.2) is 0 Å². The van der Waals surface area contributed by atoms with Crippen molar-refractivity contribution in [1.82, 2.24) is 0 Å². The zero-order valence-corrected chi connectivity index (χ0v) is 50.4. The van der Waals surface area contributed by atoms with E-state index in [4.69, 9.17) is 23.7 Å². The van der Waals surface area contributed by atoms with Crippen LogP contribution in [0.2, 0.25) is 0 Å². The maximum Gasteiger partial charge on any atom is 0.112 e. The second-order valence-corrected chi connectivity index (χ2v) is 32.4. The zero-order valence-electron chi connectivity index (χ0n) is 50.4. The lowest BCUT2D eigenvalue weighted by Gasteiger charge is -2.63. The summed E-state index contributed by atoms with van der Waals surface area (Å²) in [5.74, 6) is 3.84. The number of ether oxygens (including phenoxy) is 5. The fourth-order valence-corrected chi connectivity index (χ4v) is 25.3. The first kappa shape index (κ1) is 56.5. The molecule has 12 rings (SSSR count). The molecule has 430 valence electrons. The quantitative estimate of drug-likeness (QED) is 0.151. The van der Waals surface area contributed by atoms with Crippen LogP contribution >= 0.6 is 0 Å². The normalized spacial score (nSPS) is 56.2. The molecule has 0 unspecified atom stereocenters. The Labute approximate surface area is 455 Å². The van der Waals surface area contributed by atoms with E-state index in [-0.39, 0.29) is 63.0 Å². The summed E-state index contributed by atoms with van der Waals surface area (Å²) < 4.78 is 32.0. The van der Waals surface area contributed by atoms with Crippen molar-refractivity contribution in [3.63, 3.8) is 0 Å². The van der Waals surface area contributed by atoms with Gasteiger partial charge >= 0.3 is 0 Å². The molecule has 5 N–H and O–H groups in total. The summed E-state index contributed by atoms with van der Waals surface area (Å²) in [6.45, 7) is 36.5. The molecule has 0 aromatic heterocycles. The molecule has 10 aliphatic carbocycles. The van der Waals surface area contributed by atoms with Crippen LogP contribution in [-0.4, -0.2) is 118 Å². The minimum Gasteiger partial charge on any atom is -0.393 e. The molecular weight excluding hydrogens is 941 g/mol. The van der Waals surface area contributed by atoms with Crippen molar-refractivity contribution >= 4 is 0 Å². The van der Waals surface area contributed by atoms with Gasteiger partial charge in [0.15, 0.2) is 0 Å². The summed E-state index contributed by atoms with van der Waals surface area (Å²) in [6.07, 6.45) is 16.3. The van der Waals surface area contributed by atoms with Crippen molar-refractivity contribution in [1.29, 1.82) is 0 Å². The Morgan fingerprint density at radius 3 is 1.28 bits per heavy atom. The van der Waals surface area contributed by atoms with Crippen molar-refractivity contribution in [3.8, 4) is 0 Å². The average molecular weight is 1050 g/mol. The molecule has 26 atom stereocenters. The summed E-state index contributed by atoms with van der Waals surface area (Å²) in [5, 5.41) is 57.6. The number of fused-ring (bicyclic) bond motifs is 8. The Balaban J connectivity index is 0.000000161. The first-order chi connectivity index (χ1) is 34.8. The molecule has 0 radical (unpaired) electrons. The van der Waals surface area contributed by atoms with E-state index < -0.39 is 35.6 Å². The van der Waals surface area contributed by atoms with Crippen LogP contribution in [-0.2, 0) is 23.7 Å². The maximum atomic E-state index is 12.4. The third-order valence-electron chi connectivity index (χ3n) is 28.6. The van der Waals surface area contributed by atoms with Gasteiger partial charge in [0, 0.05) is 31.2 Å². The lowest BCUT2D eigenvalue weighted by Crippen LogP contribution is -2.60. The van der Waals surface area contributed by atoms with E-state index in [1.807, 2.05) is 48.7 Å². The lowest BCUT2D eigenvalue weighted by molar-refractivity contribution is -0.215. The molecule has 2 heterocycles. The molecule has 10 saturated carbocycles. The summed E-state index contributed by atoms with van der Waals surface area (Å²) in [6, 6.07) is 0. The molecule has 10 heteroatoms. The van der Waals surface area contributed by atoms with Gasteiger partial charge in [-0.3, -0.25) is 0 Å². The highest BCUT2D eigenvalue weighted by atomic mass is 16.6. The molecule has 2 aliphatic heterocycles.